The van der Waals surface area contributed by atoms with Crippen LogP contribution in [0.15, 0.2) is 0 Å². The molecule has 2 rings (SSSR count). The molecule has 2 fully saturated rings. The molecule has 1 amide bonds. The van der Waals surface area contributed by atoms with E-state index < -0.39 is 0 Å². The Kier molecular flexibility index (Phi) is 3.85. The molecule has 2 aliphatic rings. The molecule has 92 valence electrons. The lowest BCUT2D eigenvalue weighted by molar-refractivity contribution is -0.119. The van der Waals surface area contributed by atoms with Gasteiger partial charge in [-0.15, -0.1) is 0 Å². The van der Waals surface area contributed by atoms with Gasteiger partial charge in [-0.05, 0) is 31.1 Å². The molecule has 1 aliphatic heterocycles. The van der Waals surface area contributed by atoms with Crippen LogP contribution in [0.2, 0.25) is 0 Å². The summed E-state index contributed by atoms with van der Waals surface area (Å²) in [6, 6.07) is 0.378. The first-order valence-corrected chi connectivity index (χ1v) is 6.74. The Balaban J connectivity index is 1.68. The first-order valence-electron chi connectivity index (χ1n) is 6.74. The van der Waals surface area contributed by atoms with Gasteiger partial charge in [0, 0.05) is 25.6 Å². The zero-order valence-corrected chi connectivity index (χ0v) is 10.3. The predicted molar refractivity (Wildman–Crippen MR) is 65.2 cm³/mol. The molecule has 1 heterocycles. The van der Waals surface area contributed by atoms with Crippen LogP contribution >= 0.6 is 0 Å². The summed E-state index contributed by atoms with van der Waals surface area (Å²) in [6.07, 6.45) is 8.57. The second kappa shape index (κ2) is 5.17. The van der Waals surface area contributed by atoms with Crippen LogP contribution in [0.5, 0.6) is 0 Å². The molecule has 0 bridgehead atoms. The summed E-state index contributed by atoms with van der Waals surface area (Å²) in [7, 11) is 0. The molecule has 16 heavy (non-hydrogen) atoms. The lowest BCUT2D eigenvalue weighted by atomic mass is 9.83. The van der Waals surface area contributed by atoms with E-state index in [1.54, 1.807) is 0 Å². The van der Waals surface area contributed by atoms with Crippen LogP contribution in [0.25, 0.3) is 0 Å². The van der Waals surface area contributed by atoms with Gasteiger partial charge in [0.15, 0.2) is 0 Å². The summed E-state index contributed by atoms with van der Waals surface area (Å²) in [5.41, 5.74) is 0.558. The molecule has 1 atom stereocenters. The van der Waals surface area contributed by atoms with Crippen molar-refractivity contribution in [2.75, 3.05) is 13.1 Å². The minimum absolute atomic E-state index is 0.220. The quantitative estimate of drug-likeness (QED) is 0.748. The van der Waals surface area contributed by atoms with Crippen molar-refractivity contribution >= 4 is 5.91 Å². The van der Waals surface area contributed by atoms with E-state index in [2.05, 4.69) is 17.6 Å². The summed E-state index contributed by atoms with van der Waals surface area (Å²) in [6.45, 7) is 4.40. The van der Waals surface area contributed by atoms with Crippen molar-refractivity contribution in [2.24, 2.45) is 5.41 Å². The number of nitrogens with one attached hydrogen (secondary N) is 2. The molecule has 0 aromatic heterocycles. The van der Waals surface area contributed by atoms with E-state index in [1.165, 1.54) is 32.1 Å². The van der Waals surface area contributed by atoms with Gasteiger partial charge in [0.2, 0.25) is 5.91 Å². The van der Waals surface area contributed by atoms with Crippen molar-refractivity contribution in [3.05, 3.63) is 0 Å². The predicted octanol–water partition coefficient (Wildman–Crippen LogP) is 1.82. The Hall–Kier alpha value is -0.570. The molecule has 0 aromatic rings. The van der Waals surface area contributed by atoms with Crippen LogP contribution in [0.1, 0.15) is 51.9 Å². The molecule has 1 saturated carbocycles. The average Bonchev–Trinajstić information content (AvgIpc) is 2.89. The highest BCUT2D eigenvalue weighted by molar-refractivity contribution is 5.78. The van der Waals surface area contributed by atoms with E-state index in [-0.39, 0.29) is 5.91 Å². The van der Waals surface area contributed by atoms with Crippen LogP contribution in [0.3, 0.4) is 0 Å². The number of amides is 1. The van der Waals surface area contributed by atoms with Crippen molar-refractivity contribution in [1.82, 2.24) is 10.6 Å². The maximum absolute atomic E-state index is 11.1. The van der Waals surface area contributed by atoms with Gasteiger partial charge in [-0.25, -0.2) is 0 Å². The largest absolute Gasteiger partial charge is 0.352 e. The minimum Gasteiger partial charge on any atom is -0.352 e. The van der Waals surface area contributed by atoms with E-state index in [0.717, 1.165) is 19.5 Å². The topological polar surface area (TPSA) is 41.1 Å². The summed E-state index contributed by atoms with van der Waals surface area (Å²) >= 11 is 0. The van der Waals surface area contributed by atoms with Crippen LogP contribution in [-0.4, -0.2) is 25.0 Å². The maximum atomic E-state index is 11.1. The Morgan fingerprint density at radius 3 is 2.75 bits per heavy atom. The van der Waals surface area contributed by atoms with Gasteiger partial charge in [0.1, 0.15) is 0 Å². The highest BCUT2D eigenvalue weighted by Gasteiger charge is 2.31. The van der Waals surface area contributed by atoms with E-state index in [0.29, 0.717) is 17.9 Å². The molecule has 0 spiro atoms. The molecule has 1 unspecified atom stereocenters. The van der Waals surface area contributed by atoms with Crippen molar-refractivity contribution in [2.45, 2.75) is 57.9 Å². The third kappa shape index (κ3) is 2.76. The summed E-state index contributed by atoms with van der Waals surface area (Å²) in [5, 5.41) is 6.58. The highest BCUT2D eigenvalue weighted by atomic mass is 16.1. The zero-order chi connectivity index (χ0) is 11.4. The fourth-order valence-electron chi connectivity index (χ4n) is 3.12. The number of rotatable bonds is 5. The second-order valence-electron chi connectivity index (χ2n) is 5.49. The van der Waals surface area contributed by atoms with Crippen LogP contribution < -0.4 is 10.6 Å². The van der Waals surface area contributed by atoms with Crippen molar-refractivity contribution < 1.29 is 4.79 Å². The first-order chi connectivity index (χ1) is 7.74. The van der Waals surface area contributed by atoms with Crippen LogP contribution in [-0.2, 0) is 4.79 Å². The molecule has 1 saturated heterocycles. The molecule has 1 aliphatic carbocycles. The lowest BCUT2D eigenvalue weighted by Crippen LogP contribution is -2.40. The molecule has 3 nitrogen and oxygen atoms in total. The van der Waals surface area contributed by atoms with E-state index in [4.69, 9.17) is 0 Å². The molecular formula is C13H24N2O. The number of carbonyl (C=O) groups is 1. The van der Waals surface area contributed by atoms with Crippen molar-refractivity contribution in [3.8, 4) is 0 Å². The van der Waals surface area contributed by atoms with Crippen LogP contribution in [0, 0.1) is 5.41 Å². The van der Waals surface area contributed by atoms with Gasteiger partial charge < -0.3 is 10.6 Å². The van der Waals surface area contributed by atoms with Crippen molar-refractivity contribution in [1.29, 1.82) is 0 Å². The fraction of sp³-hybridized carbons (Fsp3) is 0.923. The highest BCUT2D eigenvalue weighted by Crippen LogP contribution is 2.40. The Labute approximate surface area is 98.4 Å². The third-order valence-corrected chi connectivity index (χ3v) is 4.39. The Morgan fingerprint density at radius 1 is 1.44 bits per heavy atom. The van der Waals surface area contributed by atoms with Crippen LogP contribution in [0.4, 0.5) is 0 Å². The Bertz CT molecular complexity index is 246. The molecule has 0 radical (unpaired) electrons. The van der Waals surface area contributed by atoms with Gasteiger partial charge in [-0.1, -0.05) is 19.8 Å². The second-order valence-corrected chi connectivity index (χ2v) is 5.49. The van der Waals surface area contributed by atoms with Gasteiger partial charge in [0.05, 0.1) is 0 Å². The molecular weight excluding hydrogens is 200 g/mol. The summed E-state index contributed by atoms with van der Waals surface area (Å²) in [4.78, 5) is 11.1. The summed E-state index contributed by atoms with van der Waals surface area (Å²) < 4.78 is 0. The average molecular weight is 224 g/mol. The first kappa shape index (κ1) is 11.9. The third-order valence-electron chi connectivity index (χ3n) is 4.39. The van der Waals surface area contributed by atoms with Gasteiger partial charge >= 0.3 is 0 Å². The van der Waals surface area contributed by atoms with Gasteiger partial charge in [-0.3, -0.25) is 4.79 Å². The number of hydrogen-bond donors (Lipinski definition) is 2. The van der Waals surface area contributed by atoms with E-state index in [9.17, 15) is 4.79 Å². The minimum atomic E-state index is 0.220. The Morgan fingerprint density at radius 2 is 2.19 bits per heavy atom. The summed E-state index contributed by atoms with van der Waals surface area (Å²) in [5.74, 6) is 0.220. The van der Waals surface area contributed by atoms with E-state index >= 15 is 0 Å². The SMILES string of the molecule is CCC1(CNCC2CCC(=O)N2)CCCC1. The number of hydrogen-bond acceptors (Lipinski definition) is 2. The lowest BCUT2D eigenvalue weighted by Gasteiger charge is -2.28. The smallest absolute Gasteiger partial charge is 0.220 e. The molecule has 2 N–H and O–H groups in total. The molecule has 3 heteroatoms. The normalized spacial score (nSPS) is 28.3. The van der Waals surface area contributed by atoms with Crippen molar-refractivity contribution in [3.63, 3.8) is 0 Å². The zero-order valence-electron chi connectivity index (χ0n) is 10.3. The van der Waals surface area contributed by atoms with Gasteiger partial charge in [-0.2, -0.15) is 0 Å². The maximum Gasteiger partial charge on any atom is 0.220 e. The monoisotopic (exact) mass is 224 g/mol. The van der Waals surface area contributed by atoms with E-state index in [1.807, 2.05) is 0 Å². The molecule has 0 aromatic carbocycles. The van der Waals surface area contributed by atoms with Gasteiger partial charge in [0.25, 0.3) is 0 Å². The standard InChI is InChI=1S/C13H24N2O/c1-2-13(7-3-4-8-13)10-14-9-11-5-6-12(16)15-11/h11,14H,2-10H2,1H3,(H,15,16). The number of carbonyl (C=O) groups excluding carboxylic acids is 1. The fourth-order valence-corrected chi connectivity index (χ4v) is 3.12.